The molecule has 25 heavy (non-hydrogen) atoms. The van der Waals surface area contributed by atoms with Crippen LogP contribution in [0, 0.1) is 0 Å². The van der Waals surface area contributed by atoms with E-state index in [2.05, 4.69) is 4.84 Å². The van der Waals surface area contributed by atoms with Crippen LogP contribution in [0.3, 0.4) is 0 Å². The predicted molar refractivity (Wildman–Crippen MR) is 86.0 cm³/mol. The molecule has 0 unspecified atom stereocenters. The molecule has 3 amide bonds. The van der Waals surface area contributed by atoms with E-state index in [0.29, 0.717) is 5.06 Å². The minimum Gasteiger partial charge on any atom is -0.444 e. The molecule has 0 aromatic heterocycles. The van der Waals surface area contributed by atoms with Gasteiger partial charge < -0.3 is 4.74 Å². The van der Waals surface area contributed by atoms with E-state index in [1.165, 1.54) is 0 Å². The van der Waals surface area contributed by atoms with Crippen molar-refractivity contribution < 1.29 is 28.8 Å². The molecule has 2 rings (SSSR count). The van der Waals surface area contributed by atoms with Gasteiger partial charge in [0.2, 0.25) is 0 Å². The molecule has 9 nitrogen and oxygen atoms in total. The topological polar surface area (TPSA) is 111 Å². The fourth-order valence-electron chi connectivity index (χ4n) is 2.15. The minimum absolute atomic E-state index is 0.0134. The molecular formula is C16H21N3O6. The average Bonchev–Trinajstić information content (AvgIpc) is 2.77. The molecule has 1 aliphatic heterocycles. The number of carbonyl (C=O) groups excluding carboxylic acids is 3. The highest BCUT2D eigenvalue weighted by atomic mass is 16.7. The summed E-state index contributed by atoms with van der Waals surface area (Å²) in [5, 5.41) is 0.682. The highest BCUT2D eigenvalue weighted by molar-refractivity contribution is 6.20. The summed E-state index contributed by atoms with van der Waals surface area (Å²) in [5.41, 5.74) is -0.128. The second-order valence-corrected chi connectivity index (χ2v) is 6.32. The molecule has 136 valence electrons. The van der Waals surface area contributed by atoms with Crippen molar-refractivity contribution >= 4 is 17.9 Å². The Morgan fingerprint density at radius 1 is 1.16 bits per heavy atom. The fourth-order valence-corrected chi connectivity index (χ4v) is 2.15. The van der Waals surface area contributed by atoms with Crippen molar-refractivity contribution in [2.24, 2.45) is 5.90 Å². The van der Waals surface area contributed by atoms with Crippen LogP contribution in [-0.4, -0.2) is 53.4 Å². The number of amides is 3. The smallest absolute Gasteiger partial charge is 0.412 e. The van der Waals surface area contributed by atoms with Gasteiger partial charge >= 0.3 is 6.09 Å². The zero-order valence-corrected chi connectivity index (χ0v) is 14.4. The Hall–Kier alpha value is -2.49. The maximum Gasteiger partial charge on any atom is 0.412 e. The van der Waals surface area contributed by atoms with Gasteiger partial charge in [0.05, 0.1) is 24.3 Å². The number of carbonyl (C=O) groups is 3. The summed E-state index contributed by atoms with van der Waals surface area (Å²) >= 11 is 0. The number of imide groups is 1. The third-order valence-corrected chi connectivity index (χ3v) is 3.22. The molecule has 0 spiro atoms. The maximum atomic E-state index is 12.2. The quantitative estimate of drug-likeness (QED) is 0.467. The first kappa shape index (κ1) is 18.8. The van der Waals surface area contributed by atoms with Crippen molar-refractivity contribution in [3.05, 3.63) is 35.4 Å². The van der Waals surface area contributed by atoms with E-state index in [1.54, 1.807) is 45.0 Å². The molecule has 9 heteroatoms. The number of hydrogen-bond donors (Lipinski definition) is 1. The molecule has 0 radical (unpaired) electrons. The summed E-state index contributed by atoms with van der Waals surface area (Å²) in [6, 6.07) is 6.43. The van der Waals surface area contributed by atoms with Gasteiger partial charge in [0, 0.05) is 0 Å². The summed E-state index contributed by atoms with van der Waals surface area (Å²) < 4.78 is 5.22. The van der Waals surface area contributed by atoms with Gasteiger partial charge in [-0.25, -0.2) is 10.7 Å². The Bertz CT molecular complexity index is 635. The highest BCUT2D eigenvalue weighted by Crippen LogP contribution is 2.22. The number of nitrogens with two attached hydrogens (primary N) is 1. The SMILES string of the molecule is CC(C)(C)OC(=O)N(CCON1C(=O)c2ccccc2C1=O)CON. The zero-order chi connectivity index (χ0) is 18.6. The van der Waals surface area contributed by atoms with Crippen LogP contribution in [0.4, 0.5) is 4.79 Å². The molecule has 1 aromatic carbocycles. The first-order valence-corrected chi connectivity index (χ1v) is 7.65. The highest BCUT2D eigenvalue weighted by Gasteiger charge is 2.36. The molecule has 0 saturated heterocycles. The van der Waals surface area contributed by atoms with Gasteiger partial charge in [0.15, 0.2) is 0 Å². The Morgan fingerprint density at radius 3 is 2.20 bits per heavy atom. The number of hydrogen-bond acceptors (Lipinski definition) is 7. The lowest BCUT2D eigenvalue weighted by Crippen LogP contribution is -2.42. The normalized spacial score (nSPS) is 13.8. The average molecular weight is 351 g/mol. The lowest BCUT2D eigenvalue weighted by molar-refractivity contribution is -0.101. The summed E-state index contributed by atoms with van der Waals surface area (Å²) in [7, 11) is 0. The number of hydroxylamine groups is 2. The number of ether oxygens (including phenoxy) is 1. The fraction of sp³-hybridized carbons (Fsp3) is 0.438. The Labute approximate surface area is 145 Å². The molecule has 0 atom stereocenters. The van der Waals surface area contributed by atoms with Gasteiger partial charge in [-0.3, -0.25) is 24.2 Å². The molecule has 0 fully saturated rings. The van der Waals surface area contributed by atoms with Gasteiger partial charge in [-0.15, -0.1) is 5.06 Å². The third kappa shape index (κ3) is 4.53. The van der Waals surface area contributed by atoms with Crippen molar-refractivity contribution in [2.45, 2.75) is 26.4 Å². The molecule has 1 heterocycles. The molecule has 1 aromatic rings. The predicted octanol–water partition coefficient (Wildman–Crippen LogP) is 1.30. The lowest BCUT2D eigenvalue weighted by Gasteiger charge is -2.26. The maximum absolute atomic E-state index is 12.2. The van der Waals surface area contributed by atoms with E-state index in [4.69, 9.17) is 15.5 Å². The van der Waals surface area contributed by atoms with Crippen LogP contribution in [0.5, 0.6) is 0 Å². The molecule has 0 aliphatic carbocycles. The van der Waals surface area contributed by atoms with Gasteiger partial charge in [-0.05, 0) is 32.9 Å². The van der Waals surface area contributed by atoms with E-state index in [-0.39, 0.29) is 31.0 Å². The Balaban J connectivity index is 1.93. The third-order valence-electron chi connectivity index (χ3n) is 3.22. The van der Waals surface area contributed by atoms with Crippen molar-refractivity contribution in [1.82, 2.24) is 9.96 Å². The van der Waals surface area contributed by atoms with E-state index < -0.39 is 23.5 Å². The molecular weight excluding hydrogens is 330 g/mol. The number of nitrogens with zero attached hydrogens (tertiary/aromatic N) is 2. The Morgan fingerprint density at radius 2 is 1.72 bits per heavy atom. The van der Waals surface area contributed by atoms with Gasteiger partial charge in [0.1, 0.15) is 12.3 Å². The minimum atomic E-state index is -0.687. The first-order valence-electron chi connectivity index (χ1n) is 7.65. The van der Waals surface area contributed by atoms with E-state index >= 15 is 0 Å². The largest absolute Gasteiger partial charge is 0.444 e. The number of benzene rings is 1. The van der Waals surface area contributed by atoms with Crippen LogP contribution in [0.1, 0.15) is 41.5 Å². The monoisotopic (exact) mass is 351 g/mol. The van der Waals surface area contributed by atoms with Gasteiger partial charge in [-0.2, -0.15) is 0 Å². The summed E-state index contributed by atoms with van der Waals surface area (Å²) in [5.74, 6) is 3.93. The first-order chi connectivity index (χ1) is 11.7. The van der Waals surface area contributed by atoms with Crippen molar-refractivity contribution in [3.63, 3.8) is 0 Å². The van der Waals surface area contributed by atoms with Crippen LogP contribution >= 0.6 is 0 Å². The van der Waals surface area contributed by atoms with Crippen LogP contribution in [0.15, 0.2) is 24.3 Å². The lowest BCUT2D eigenvalue weighted by atomic mass is 10.1. The standard InChI is InChI=1S/C16H21N3O6/c1-16(2,3)25-15(22)18(10-23-17)8-9-24-19-13(20)11-6-4-5-7-12(11)14(19)21/h4-7H,8-10,17H2,1-3H3. The van der Waals surface area contributed by atoms with Crippen LogP contribution in [-0.2, 0) is 14.4 Å². The summed E-state index contributed by atoms with van der Waals surface area (Å²) in [6.45, 7) is 4.85. The Kier molecular flexibility index (Phi) is 5.73. The molecule has 0 saturated carbocycles. The van der Waals surface area contributed by atoms with Gasteiger partial charge in [0.25, 0.3) is 11.8 Å². The van der Waals surface area contributed by atoms with Gasteiger partial charge in [-0.1, -0.05) is 12.1 Å². The van der Waals surface area contributed by atoms with E-state index in [0.717, 1.165) is 4.90 Å². The summed E-state index contributed by atoms with van der Waals surface area (Å²) in [4.78, 5) is 47.3. The van der Waals surface area contributed by atoms with E-state index in [1.807, 2.05) is 0 Å². The second-order valence-electron chi connectivity index (χ2n) is 6.32. The molecule has 2 N–H and O–H groups in total. The van der Waals surface area contributed by atoms with E-state index in [9.17, 15) is 14.4 Å². The van der Waals surface area contributed by atoms with Crippen molar-refractivity contribution in [2.75, 3.05) is 19.9 Å². The van der Waals surface area contributed by atoms with Crippen LogP contribution in [0.2, 0.25) is 0 Å². The molecule has 0 bridgehead atoms. The summed E-state index contributed by atoms with van der Waals surface area (Å²) in [6.07, 6.45) is -0.649. The number of fused-ring (bicyclic) bond motifs is 1. The second kappa shape index (κ2) is 7.60. The zero-order valence-electron chi connectivity index (χ0n) is 14.4. The van der Waals surface area contributed by atoms with Crippen LogP contribution in [0.25, 0.3) is 0 Å². The van der Waals surface area contributed by atoms with Crippen molar-refractivity contribution in [1.29, 1.82) is 0 Å². The van der Waals surface area contributed by atoms with Crippen molar-refractivity contribution in [3.8, 4) is 0 Å². The van der Waals surface area contributed by atoms with Crippen LogP contribution < -0.4 is 5.90 Å². The number of rotatable bonds is 6. The molecule has 1 aliphatic rings.